The Labute approximate surface area is 174 Å². The minimum atomic E-state index is -3.07. The summed E-state index contributed by atoms with van der Waals surface area (Å²) in [6.45, 7) is -1.72. The molecule has 9 N–H and O–H groups in total. The highest BCUT2D eigenvalue weighted by Crippen LogP contribution is 2.31. The van der Waals surface area contributed by atoms with Gasteiger partial charge in [0.1, 0.15) is 48.8 Å². The third-order valence-electron chi connectivity index (χ3n) is 5.00. The lowest BCUT2D eigenvalue weighted by molar-refractivity contribution is -0.408. The summed E-state index contributed by atoms with van der Waals surface area (Å²) < 4.78 is 20.3. The molecule has 31 heavy (non-hydrogen) atoms. The Balaban J connectivity index is 2.32. The number of ether oxygens (including phenoxy) is 4. The Morgan fingerprint density at radius 1 is 0.742 bits per heavy atom. The molecule has 0 radical (unpaired) electrons. The van der Waals surface area contributed by atoms with Gasteiger partial charge in [0.2, 0.25) is 0 Å². The third kappa shape index (κ3) is 5.09. The molecule has 11 atom stereocenters. The van der Waals surface area contributed by atoms with E-state index in [0.29, 0.717) is 0 Å². The van der Waals surface area contributed by atoms with Crippen molar-refractivity contribution >= 4 is 12.6 Å². The van der Waals surface area contributed by atoms with Gasteiger partial charge in [0.05, 0.1) is 13.2 Å². The van der Waals surface area contributed by atoms with Crippen LogP contribution >= 0.6 is 0 Å². The predicted octanol–water partition coefficient (Wildman–Crippen LogP) is -6.93. The zero-order chi connectivity index (χ0) is 23.5. The molecule has 15 nitrogen and oxygen atoms in total. The first kappa shape index (κ1) is 26.1. The Bertz CT molecular complexity index is 562. The first-order valence-corrected chi connectivity index (χ1v) is 9.13. The molecular weight excluding hydrogens is 432 g/mol. The summed E-state index contributed by atoms with van der Waals surface area (Å²) in [5.74, 6) is -3.07. The van der Waals surface area contributed by atoms with E-state index in [1.807, 2.05) is 0 Å². The van der Waals surface area contributed by atoms with E-state index in [0.717, 1.165) is 0 Å². The highest BCUT2D eigenvalue weighted by atomic mass is 16.8. The van der Waals surface area contributed by atoms with Crippen LogP contribution in [0.4, 0.5) is 0 Å². The van der Waals surface area contributed by atoms with E-state index in [2.05, 4.69) is 0 Å². The van der Waals surface area contributed by atoms with Crippen LogP contribution in [0.15, 0.2) is 0 Å². The van der Waals surface area contributed by atoms with Crippen molar-refractivity contribution in [2.45, 2.75) is 73.3 Å². The number of hydrogen-bond donors (Lipinski definition) is 9. The molecule has 2 aliphatic heterocycles. The second-order valence-corrected chi connectivity index (χ2v) is 7.05. The molecule has 0 aromatic rings. The molecule has 2 aliphatic rings. The zero-order valence-electron chi connectivity index (χ0n) is 15.9. The molecule has 2 heterocycles. The molecule has 0 aromatic carbocycles. The highest BCUT2D eigenvalue weighted by molar-refractivity contribution is 5.71. The summed E-state index contributed by atoms with van der Waals surface area (Å²) in [5, 5.41) is 88.0. The van der Waals surface area contributed by atoms with Gasteiger partial charge in [-0.15, -0.1) is 0 Å². The van der Waals surface area contributed by atoms with Gasteiger partial charge >= 0.3 is 0 Å². The van der Waals surface area contributed by atoms with E-state index in [1.54, 1.807) is 0 Å². The summed E-state index contributed by atoms with van der Waals surface area (Å²) in [4.78, 5) is 23.0. The Morgan fingerprint density at radius 3 is 1.42 bits per heavy atom. The molecule has 2 fully saturated rings. The van der Waals surface area contributed by atoms with Crippen molar-refractivity contribution in [1.82, 2.24) is 0 Å². The van der Waals surface area contributed by atoms with E-state index < -0.39 is 86.5 Å². The number of carbonyl (C=O) groups is 2. The van der Waals surface area contributed by atoms with Gasteiger partial charge in [0.15, 0.2) is 31.3 Å². The predicted molar refractivity (Wildman–Crippen MR) is 90.6 cm³/mol. The lowest BCUT2D eigenvalue weighted by Crippen LogP contribution is -2.66. The Morgan fingerprint density at radius 2 is 1.13 bits per heavy atom. The van der Waals surface area contributed by atoms with Crippen LogP contribution in [0.1, 0.15) is 0 Å². The largest absolute Gasteiger partial charge is 0.394 e. The average molecular weight is 458 g/mol. The van der Waals surface area contributed by atoms with Crippen LogP contribution in [-0.4, -0.2) is 145 Å². The summed E-state index contributed by atoms with van der Waals surface area (Å²) >= 11 is 0. The number of carbonyl (C=O) groups excluding carboxylic acids is 2. The van der Waals surface area contributed by atoms with Gasteiger partial charge in [-0.05, 0) is 0 Å². The Kier molecular flexibility index (Phi) is 8.94. The SMILES string of the molecule is O=CC(O)C(C=O)(OC1O[C@H](CO)[C@@H](O)[C@H](O)[C@H]1O)OC1O[C@H](CO)[C@@H](O)[C@H](O)[C@H]1O. The summed E-state index contributed by atoms with van der Waals surface area (Å²) in [6, 6.07) is 0. The highest BCUT2D eigenvalue weighted by Gasteiger charge is 2.54. The summed E-state index contributed by atoms with van der Waals surface area (Å²) in [6.07, 6.45) is -21.6. The van der Waals surface area contributed by atoms with Crippen molar-refractivity contribution in [1.29, 1.82) is 0 Å². The van der Waals surface area contributed by atoms with Gasteiger partial charge in [-0.1, -0.05) is 0 Å². The standard InChI is InChI=1S/C16H26O15/c17-1-5-8(22)10(24)12(26)14(28-5)30-16(4-20,7(21)3-19)31-15-13(27)11(25)9(23)6(2-18)29-15/h3-15,17-18,21-27H,1-2H2/t5-,6-,7?,8-,9-,10+,11+,12-,13-,14?,15?,16?/m1/s1. The van der Waals surface area contributed by atoms with E-state index in [4.69, 9.17) is 18.9 Å². The molecule has 0 aliphatic carbocycles. The second kappa shape index (κ2) is 10.6. The molecule has 0 amide bonds. The van der Waals surface area contributed by atoms with Crippen molar-refractivity contribution < 1.29 is 74.5 Å². The molecule has 180 valence electrons. The van der Waals surface area contributed by atoms with Crippen LogP contribution in [0, 0.1) is 0 Å². The van der Waals surface area contributed by atoms with Crippen LogP contribution in [0.5, 0.6) is 0 Å². The minimum absolute atomic E-state index is 0.220. The van der Waals surface area contributed by atoms with Gasteiger partial charge in [0, 0.05) is 0 Å². The zero-order valence-corrected chi connectivity index (χ0v) is 15.9. The fourth-order valence-electron chi connectivity index (χ4n) is 3.08. The molecular formula is C16H26O15. The lowest BCUT2D eigenvalue weighted by Gasteiger charge is -2.46. The van der Waals surface area contributed by atoms with Crippen molar-refractivity contribution in [3.63, 3.8) is 0 Å². The van der Waals surface area contributed by atoms with Gasteiger partial charge in [-0.25, -0.2) is 0 Å². The van der Waals surface area contributed by atoms with Crippen molar-refractivity contribution in [3.8, 4) is 0 Å². The van der Waals surface area contributed by atoms with Crippen LogP contribution in [-0.2, 0) is 28.5 Å². The number of rotatable bonds is 9. The van der Waals surface area contributed by atoms with E-state index in [9.17, 15) is 55.5 Å². The molecule has 2 rings (SSSR count). The van der Waals surface area contributed by atoms with Crippen LogP contribution in [0.25, 0.3) is 0 Å². The maximum Gasteiger partial charge on any atom is 0.264 e. The molecule has 0 bridgehead atoms. The topological polar surface area (TPSA) is 253 Å². The fraction of sp³-hybridized carbons (Fsp3) is 0.875. The van der Waals surface area contributed by atoms with E-state index >= 15 is 0 Å². The molecule has 15 heteroatoms. The fourth-order valence-corrected chi connectivity index (χ4v) is 3.08. The monoisotopic (exact) mass is 458 g/mol. The first-order chi connectivity index (χ1) is 14.6. The molecule has 3 unspecified atom stereocenters. The number of aliphatic hydroxyl groups excluding tert-OH is 9. The van der Waals surface area contributed by atoms with Crippen LogP contribution < -0.4 is 0 Å². The van der Waals surface area contributed by atoms with Crippen LogP contribution in [0.3, 0.4) is 0 Å². The van der Waals surface area contributed by atoms with Gasteiger partial charge in [-0.3, -0.25) is 4.79 Å². The number of hydrogen-bond acceptors (Lipinski definition) is 15. The normalized spacial score (nSPS) is 44.3. The molecule has 0 aromatic heterocycles. The smallest absolute Gasteiger partial charge is 0.264 e. The summed E-state index contributed by atoms with van der Waals surface area (Å²) in [7, 11) is 0. The first-order valence-electron chi connectivity index (χ1n) is 9.13. The van der Waals surface area contributed by atoms with Gasteiger partial charge in [0.25, 0.3) is 5.79 Å². The summed E-state index contributed by atoms with van der Waals surface area (Å²) in [5.41, 5.74) is 0. The van der Waals surface area contributed by atoms with Crippen LogP contribution in [0.2, 0.25) is 0 Å². The quantitative estimate of drug-likeness (QED) is 0.115. The average Bonchev–Trinajstić information content (AvgIpc) is 2.78. The molecule has 0 spiro atoms. The maximum atomic E-state index is 11.8. The minimum Gasteiger partial charge on any atom is -0.394 e. The molecule has 2 saturated heterocycles. The van der Waals surface area contributed by atoms with Crippen molar-refractivity contribution in [2.24, 2.45) is 0 Å². The third-order valence-corrected chi connectivity index (χ3v) is 5.00. The van der Waals surface area contributed by atoms with Gasteiger partial charge in [-0.2, -0.15) is 0 Å². The van der Waals surface area contributed by atoms with Crippen molar-refractivity contribution in [2.75, 3.05) is 13.2 Å². The van der Waals surface area contributed by atoms with Gasteiger partial charge < -0.3 is 69.7 Å². The number of aldehydes is 2. The van der Waals surface area contributed by atoms with Crippen molar-refractivity contribution in [3.05, 3.63) is 0 Å². The second-order valence-electron chi connectivity index (χ2n) is 7.05. The molecule has 0 saturated carbocycles. The van der Waals surface area contributed by atoms with E-state index in [-0.39, 0.29) is 12.6 Å². The number of aliphatic hydroxyl groups is 9. The maximum absolute atomic E-state index is 11.8. The lowest BCUT2D eigenvalue weighted by atomic mass is 9.98. The Hall–Kier alpha value is -1.18. The van der Waals surface area contributed by atoms with E-state index in [1.165, 1.54) is 0 Å².